The quantitative estimate of drug-likeness (QED) is 0.751. The van der Waals surface area contributed by atoms with Crippen LogP contribution in [0.4, 0.5) is 4.39 Å². The van der Waals surface area contributed by atoms with Gasteiger partial charge < -0.3 is 4.90 Å². The van der Waals surface area contributed by atoms with Gasteiger partial charge in [0, 0.05) is 18.3 Å². The molecule has 92 valence electrons. The number of benzene rings is 1. The Morgan fingerprint density at radius 2 is 2.21 bits per heavy atom. The zero-order chi connectivity index (χ0) is 13.4. The minimum absolute atomic E-state index is 0.112. The summed E-state index contributed by atoms with van der Waals surface area (Å²) in [6.07, 6.45) is 1.65. The van der Waals surface area contributed by atoms with Crippen LogP contribution in [-0.4, -0.2) is 23.6 Å². The van der Waals surface area contributed by atoms with Gasteiger partial charge in [-0.25, -0.2) is 4.39 Å². The van der Waals surface area contributed by atoms with E-state index < -0.39 is 5.82 Å². The van der Waals surface area contributed by atoms with Crippen molar-refractivity contribution in [2.45, 2.75) is 13.1 Å². The zero-order valence-electron chi connectivity index (χ0n) is 10.1. The molecule has 1 aromatic carbocycles. The molecular weight excluding hydrogens is 242 g/mol. The highest BCUT2D eigenvalue weighted by molar-refractivity contribution is 6.32. The summed E-state index contributed by atoms with van der Waals surface area (Å²) in [4.78, 5) is 17.9. The van der Waals surface area contributed by atoms with Gasteiger partial charge in [0.25, 0.3) is 5.91 Å². The first-order valence-electron chi connectivity index (χ1n) is 5.92. The maximum atomic E-state index is 13.7. The van der Waals surface area contributed by atoms with Gasteiger partial charge in [-0.05, 0) is 18.2 Å². The molecule has 0 unspecified atom stereocenters. The Bertz CT molecular complexity index is 660. The van der Waals surface area contributed by atoms with E-state index in [0.717, 1.165) is 5.69 Å². The van der Waals surface area contributed by atoms with Gasteiger partial charge in [0.1, 0.15) is 13.7 Å². The molecule has 0 saturated heterocycles. The monoisotopic (exact) mass is 252 g/mol. The van der Waals surface area contributed by atoms with Crippen molar-refractivity contribution in [2.75, 3.05) is 0 Å². The lowest BCUT2D eigenvalue weighted by Crippen LogP contribution is -2.24. The van der Waals surface area contributed by atoms with Crippen LogP contribution in [0.25, 0.3) is 0 Å². The molecule has 2 heterocycles. The van der Waals surface area contributed by atoms with Gasteiger partial charge in [-0.3, -0.25) is 9.78 Å². The SMILES string of the molecule is [B]c1ccc(CN2Cc3ncccc3C2=O)c(F)c1. The molecule has 0 aliphatic carbocycles. The summed E-state index contributed by atoms with van der Waals surface area (Å²) < 4.78 is 13.7. The third-order valence-corrected chi connectivity index (χ3v) is 3.19. The fraction of sp³-hybridized carbons (Fsp3) is 0.143. The molecule has 0 saturated carbocycles. The second-order valence-electron chi connectivity index (χ2n) is 4.51. The standard InChI is InChI=1S/C14H10BFN2O/c15-10-4-3-9(12(16)6-10)7-18-8-13-11(14(18)19)2-1-5-17-13/h1-6H,7-8H2. The van der Waals surface area contributed by atoms with Crippen LogP contribution in [0.1, 0.15) is 21.6 Å². The Hall–Kier alpha value is -2.17. The molecule has 0 spiro atoms. The van der Waals surface area contributed by atoms with Crippen molar-refractivity contribution in [3.05, 3.63) is 59.2 Å². The maximum absolute atomic E-state index is 13.7. The normalized spacial score (nSPS) is 13.7. The first-order valence-corrected chi connectivity index (χ1v) is 5.92. The first-order chi connectivity index (χ1) is 9.15. The summed E-state index contributed by atoms with van der Waals surface area (Å²) in [6, 6.07) is 7.97. The number of halogens is 1. The van der Waals surface area contributed by atoms with Gasteiger partial charge in [-0.15, -0.1) is 0 Å². The molecule has 0 atom stereocenters. The Morgan fingerprint density at radius 1 is 1.37 bits per heavy atom. The summed E-state index contributed by atoms with van der Waals surface area (Å²) in [5.74, 6) is -0.504. The van der Waals surface area contributed by atoms with Gasteiger partial charge in [0.2, 0.25) is 0 Å². The Labute approximate surface area is 111 Å². The number of nitrogens with zero attached hydrogens (tertiary/aromatic N) is 2. The fourth-order valence-electron chi connectivity index (χ4n) is 2.21. The van der Waals surface area contributed by atoms with E-state index >= 15 is 0 Å². The van der Waals surface area contributed by atoms with E-state index in [2.05, 4.69) is 4.98 Å². The average molecular weight is 252 g/mol. The van der Waals surface area contributed by atoms with E-state index in [1.54, 1.807) is 35.4 Å². The predicted octanol–water partition coefficient (Wildman–Crippen LogP) is 1.17. The first kappa shape index (κ1) is 11.9. The lowest BCUT2D eigenvalue weighted by Gasteiger charge is -2.16. The molecule has 0 fully saturated rings. The molecule has 3 nitrogen and oxygen atoms in total. The summed E-state index contributed by atoms with van der Waals surface area (Å²) in [5, 5.41) is 0. The molecule has 19 heavy (non-hydrogen) atoms. The average Bonchev–Trinajstić information content (AvgIpc) is 2.70. The smallest absolute Gasteiger partial charge is 0.256 e. The van der Waals surface area contributed by atoms with E-state index in [4.69, 9.17) is 7.85 Å². The Morgan fingerprint density at radius 3 is 2.95 bits per heavy atom. The minimum Gasteiger partial charge on any atom is -0.328 e. The van der Waals surface area contributed by atoms with Gasteiger partial charge in [0.05, 0.1) is 17.8 Å². The molecule has 2 radical (unpaired) electrons. The number of carbonyl (C=O) groups is 1. The fourth-order valence-corrected chi connectivity index (χ4v) is 2.21. The number of fused-ring (bicyclic) bond motifs is 1. The molecular formula is C14H10BFN2O. The maximum Gasteiger partial charge on any atom is 0.256 e. The van der Waals surface area contributed by atoms with Crippen LogP contribution in [0.5, 0.6) is 0 Å². The minimum atomic E-state index is -0.392. The summed E-state index contributed by atoms with van der Waals surface area (Å²) in [5.41, 5.74) is 2.16. The van der Waals surface area contributed by atoms with Crippen LogP contribution in [0, 0.1) is 5.82 Å². The molecule has 1 aliphatic rings. The Balaban J connectivity index is 1.85. The Kier molecular flexibility index (Phi) is 2.82. The second kappa shape index (κ2) is 4.50. The van der Waals surface area contributed by atoms with E-state index in [1.807, 2.05) is 0 Å². The van der Waals surface area contributed by atoms with Gasteiger partial charge in [0.15, 0.2) is 0 Å². The number of carbonyl (C=O) groups excluding carboxylic acids is 1. The highest BCUT2D eigenvalue weighted by Gasteiger charge is 2.28. The second-order valence-corrected chi connectivity index (χ2v) is 4.51. The molecule has 1 aromatic heterocycles. The van der Waals surface area contributed by atoms with Crippen molar-refractivity contribution in [3.8, 4) is 0 Å². The van der Waals surface area contributed by atoms with Crippen LogP contribution in [0.3, 0.4) is 0 Å². The van der Waals surface area contributed by atoms with Crippen LogP contribution < -0.4 is 5.46 Å². The lowest BCUT2D eigenvalue weighted by atomic mass is 9.95. The number of amides is 1. The van der Waals surface area contributed by atoms with Crippen LogP contribution >= 0.6 is 0 Å². The van der Waals surface area contributed by atoms with Gasteiger partial charge in [-0.1, -0.05) is 17.6 Å². The largest absolute Gasteiger partial charge is 0.328 e. The van der Waals surface area contributed by atoms with Crippen molar-refractivity contribution in [1.82, 2.24) is 9.88 Å². The third kappa shape index (κ3) is 2.12. The zero-order valence-corrected chi connectivity index (χ0v) is 10.1. The lowest BCUT2D eigenvalue weighted by molar-refractivity contribution is 0.0765. The van der Waals surface area contributed by atoms with Crippen molar-refractivity contribution in [2.24, 2.45) is 0 Å². The van der Waals surface area contributed by atoms with Crippen molar-refractivity contribution >= 4 is 19.2 Å². The summed E-state index contributed by atoms with van der Waals surface area (Å²) >= 11 is 0. The molecule has 3 rings (SSSR count). The summed E-state index contributed by atoms with van der Waals surface area (Å²) in [6.45, 7) is 0.639. The molecule has 2 aromatic rings. The van der Waals surface area contributed by atoms with E-state index in [-0.39, 0.29) is 12.5 Å². The molecule has 0 N–H and O–H groups in total. The number of aromatic nitrogens is 1. The van der Waals surface area contributed by atoms with Crippen LogP contribution in [0.15, 0.2) is 36.5 Å². The molecule has 0 bridgehead atoms. The van der Waals surface area contributed by atoms with Crippen molar-refractivity contribution in [1.29, 1.82) is 0 Å². The topological polar surface area (TPSA) is 33.2 Å². The molecule has 1 amide bonds. The van der Waals surface area contributed by atoms with E-state index in [0.29, 0.717) is 23.1 Å². The number of hydrogen-bond acceptors (Lipinski definition) is 2. The van der Waals surface area contributed by atoms with E-state index in [9.17, 15) is 9.18 Å². The number of pyridine rings is 1. The highest BCUT2D eigenvalue weighted by Crippen LogP contribution is 2.22. The predicted molar refractivity (Wildman–Crippen MR) is 69.6 cm³/mol. The third-order valence-electron chi connectivity index (χ3n) is 3.19. The van der Waals surface area contributed by atoms with Gasteiger partial charge in [-0.2, -0.15) is 0 Å². The van der Waals surface area contributed by atoms with E-state index in [1.165, 1.54) is 6.07 Å². The number of hydrogen-bond donors (Lipinski definition) is 0. The molecule has 5 heteroatoms. The highest BCUT2D eigenvalue weighted by atomic mass is 19.1. The van der Waals surface area contributed by atoms with Crippen molar-refractivity contribution < 1.29 is 9.18 Å². The van der Waals surface area contributed by atoms with Gasteiger partial charge >= 0.3 is 0 Å². The van der Waals surface area contributed by atoms with Crippen LogP contribution in [-0.2, 0) is 13.1 Å². The summed E-state index contributed by atoms with van der Waals surface area (Å²) in [7, 11) is 5.50. The van der Waals surface area contributed by atoms with Crippen LogP contribution in [0.2, 0.25) is 0 Å². The number of rotatable bonds is 2. The molecule has 1 aliphatic heterocycles. The van der Waals surface area contributed by atoms with Crippen molar-refractivity contribution in [3.63, 3.8) is 0 Å².